The number of benzene rings is 3. The highest BCUT2D eigenvalue weighted by molar-refractivity contribution is 6.15. The van der Waals surface area contributed by atoms with E-state index in [1.807, 2.05) is 36.7 Å². The summed E-state index contributed by atoms with van der Waals surface area (Å²) >= 11 is 0. The Morgan fingerprint density at radius 3 is 2.05 bits per heavy atom. The Labute approximate surface area is 218 Å². The summed E-state index contributed by atoms with van der Waals surface area (Å²) in [7, 11) is 1.83. The number of rotatable bonds is 2. The van der Waals surface area contributed by atoms with Crippen molar-refractivity contribution in [3.8, 4) is 12.1 Å². The summed E-state index contributed by atoms with van der Waals surface area (Å²) < 4.78 is 1.86. The van der Waals surface area contributed by atoms with Crippen molar-refractivity contribution < 1.29 is 4.79 Å². The first-order valence-electron chi connectivity index (χ1n) is 11.6. The number of allylic oxidation sites excluding steroid dienone is 2. The second kappa shape index (κ2) is 9.03. The average Bonchev–Trinajstić information content (AvgIpc) is 2.95. The van der Waals surface area contributed by atoms with E-state index in [1.54, 1.807) is 42.5 Å². The molecule has 1 heterocycles. The second-order valence-electron chi connectivity index (χ2n) is 9.03. The molecule has 0 amide bonds. The van der Waals surface area contributed by atoms with Gasteiger partial charge < -0.3 is 4.57 Å². The van der Waals surface area contributed by atoms with Gasteiger partial charge in [0, 0.05) is 34.9 Å². The van der Waals surface area contributed by atoms with Gasteiger partial charge in [-0.1, -0.05) is 25.1 Å². The highest BCUT2D eigenvalue weighted by atomic mass is 16.1. The lowest BCUT2D eigenvalue weighted by Crippen LogP contribution is -2.20. The molecule has 0 saturated heterocycles. The van der Waals surface area contributed by atoms with Gasteiger partial charge in [-0.2, -0.15) is 0 Å². The van der Waals surface area contributed by atoms with Crippen LogP contribution in [0.4, 0.5) is 0 Å². The molecule has 3 aromatic carbocycles. The molecule has 1 atom stereocenters. The van der Waals surface area contributed by atoms with Gasteiger partial charge in [0.25, 0.3) is 11.4 Å². The molecule has 7 heteroatoms. The minimum Gasteiger partial charge on any atom is -0.343 e. The van der Waals surface area contributed by atoms with Crippen LogP contribution in [0.3, 0.4) is 0 Å². The van der Waals surface area contributed by atoms with Gasteiger partial charge >= 0.3 is 0 Å². The van der Waals surface area contributed by atoms with Gasteiger partial charge in [-0.3, -0.25) is 9.59 Å². The molecule has 0 fully saturated rings. The third kappa shape index (κ3) is 3.64. The number of carbonyl (C=O) groups is 1. The average molecular weight is 492 g/mol. The van der Waals surface area contributed by atoms with E-state index < -0.39 is 0 Å². The Bertz CT molecular complexity index is 2000. The lowest BCUT2D eigenvalue weighted by molar-refractivity contribution is 0.103. The molecule has 0 bridgehead atoms. The topological polar surface area (TPSA) is 95.4 Å². The van der Waals surface area contributed by atoms with E-state index in [4.69, 9.17) is 23.7 Å². The van der Waals surface area contributed by atoms with Gasteiger partial charge in [0.2, 0.25) is 0 Å². The molecule has 0 N–H and O–H groups in total. The number of hydrogen-bond donors (Lipinski definition) is 0. The molecule has 38 heavy (non-hydrogen) atoms. The van der Waals surface area contributed by atoms with Crippen LogP contribution in [0.25, 0.3) is 43.6 Å². The molecule has 1 aliphatic carbocycles. The van der Waals surface area contributed by atoms with E-state index in [2.05, 4.69) is 9.69 Å². The highest BCUT2D eigenvalue weighted by Crippen LogP contribution is 2.39. The number of ketones is 1. The second-order valence-corrected chi connectivity index (χ2v) is 9.03. The zero-order valence-corrected chi connectivity index (χ0v) is 20.4. The van der Waals surface area contributed by atoms with Crippen LogP contribution in [-0.4, -0.2) is 10.4 Å². The third-order valence-corrected chi connectivity index (χ3v) is 6.98. The number of aromatic nitrogens is 1. The lowest BCUT2D eigenvalue weighted by atomic mass is 9.77. The molecule has 0 aliphatic heterocycles. The van der Waals surface area contributed by atoms with Crippen molar-refractivity contribution in [2.45, 2.75) is 12.8 Å². The van der Waals surface area contributed by atoms with E-state index in [1.165, 1.54) is 12.2 Å². The number of nitrogens with zero attached hydrogens (tertiary/aromatic N) is 5. The van der Waals surface area contributed by atoms with Crippen molar-refractivity contribution in [1.29, 1.82) is 10.5 Å². The van der Waals surface area contributed by atoms with Crippen LogP contribution in [0.2, 0.25) is 0 Å². The van der Waals surface area contributed by atoms with Crippen molar-refractivity contribution in [3.63, 3.8) is 0 Å². The summed E-state index contributed by atoms with van der Waals surface area (Å²) in [6, 6.07) is 17.7. The quantitative estimate of drug-likeness (QED) is 0.196. The summed E-state index contributed by atoms with van der Waals surface area (Å²) in [5.41, 5.74) is 4.71. The summed E-state index contributed by atoms with van der Waals surface area (Å²) in [5.74, 6) is -0.342. The fourth-order valence-electron chi connectivity index (χ4n) is 5.06. The standard InChI is InChI=1S/C31H17N5O2/c1-17-22-7-5-18(9-20(15-32)34-2)11-24(22)30(37)25-14-29-27(13-23(17)25)31(38)26-12-19(10-21(16-33)35-3)6-8-28(26)36(29)4/h5-14,17H,1,4H3/b20-9-,21-10+. The monoisotopic (exact) mass is 491 g/mol. The van der Waals surface area contributed by atoms with E-state index in [-0.39, 0.29) is 28.5 Å². The molecular formula is C31H17N5O2. The predicted molar refractivity (Wildman–Crippen MR) is 144 cm³/mol. The van der Waals surface area contributed by atoms with Crippen molar-refractivity contribution >= 4 is 39.7 Å². The Morgan fingerprint density at radius 1 is 0.842 bits per heavy atom. The molecule has 0 saturated carbocycles. The Kier molecular flexibility index (Phi) is 5.69. The molecule has 1 aliphatic rings. The number of carbonyl (C=O) groups excluding carboxylic acids is 1. The van der Waals surface area contributed by atoms with Crippen molar-refractivity contribution in [2.24, 2.45) is 7.05 Å². The van der Waals surface area contributed by atoms with Gasteiger partial charge in [-0.05, 0) is 64.7 Å². The van der Waals surface area contributed by atoms with Crippen molar-refractivity contribution in [3.05, 3.63) is 126 Å². The summed E-state index contributed by atoms with van der Waals surface area (Å²) in [4.78, 5) is 33.7. The molecule has 5 rings (SSSR count). The molecule has 0 radical (unpaired) electrons. The SMILES string of the molecule is [C-]#[N+]/C(C#N)=C\c1ccc2c(c1)C(=O)c1cc3c(cc1C2C)c(=O)c1cc(/C=C(\C#N)[N+]#[C-])ccc1n3C. The number of hydrogen-bond acceptors (Lipinski definition) is 4. The predicted octanol–water partition coefficient (Wildman–Crippen LogP) is 5.96. The maximum absolute atomic E-state index is 13.6. The Hall–Kier alpha value is -5.76. The molecule has 7 nitrogen and oxygen atoms in total. The summed E-state index contributed by atoms with van der Waals surface area (Å²) in [5, 5.41) is 19.1. The fraction of sp³-hybridized carbons (Fsp3) is 0.0968. The highest BCUT2D eigenvalue weighted by Gasteiger charge is 2.30. The number of fused-ring (bicyclic) bond motifs is 4. The number of aryl methyl sites for hydroxylation is 1. The van der Waals surface area contributed by atoms with Crippen LogP contribution >= 0.6 is 0 Å². The zero-order valence-electron chi connectivity index (χ0n) is 20.4. The molecule has 4 aromatic rings. The largest absolute Gasteiger partial charge is 0.343 e. The summed E-state index contributed by atoms with van der Waals surface area (Å²) in [6.07, 6.45) is 2.90. The van der Waals surface area contributed by atoms with Crippen LogP contribution in [-0.2, 0) is 7.05 Å². The molecule has 1 unspecified atom stereocenters. The fourth-order valence-corrected chi connectivity index (χ4v) is 5.06. The normalized spacial score (nSPS) is 14.7. The Balaban J connectivity index is 1.73. The first kappa shape index (κ1) is 24.0. The molecule has 178 valence electrons. The van der Waals surface area contributed by atoms with E-state index >= 15 is 0 Å². The smallest absolute Gasteiger partial charge is 0.262 e. The van der Waals surface area contributed by atoms with E-state index in [0.717, 1.165) is 11.1 Å². The Morgan fingerprint density at radius 2 is 1.42 bits per heavy atom. The van der Waals surface area contributed by atoms with Crippen molar-refractivity contribution in [2.75, 3.05) is 0 Å². The van der Waals surface area contributed by atoms with Crippen LogP contribution in [0, 0.1) is 35.8 Å². The molecular weight excluding hydrogens is 474 g/mol. The minimum absolute atomic E-state index is 0.0638. The zero-order chi connectivity index (χ0) is 27.1. The molecule has 1 aromatic heterocycles. The van der Waals surface area contributed by atoms with Crippen LogP contribution in [0.15, 0.2) is 64.7 Å². The van der Waals surface area contributed by atoms with Gasteiger partial charge in [0.05, 0.1) is 36.3 Å². The van der Waals surface area contributed by atoms with Gasteiger partial charge in [0.15, 0.2) is 11.2 Å². The van der Waals surface area contributed by atoms with Gasteiger partial charge in [0.1, 0.15) is 0 Å². The number of nitriles is 2. The third-order valence-electron chi connectivity index (χ3n) is 6.98. The van der Waals surface area contributed by atoms with Gasteiger partial charge in [-0.15, -0.1) is 0 Å². The summed E-state index contributed by atoms with van der Waals surface area (Å²) in [6.45, 7) is 16.2. The van der Waals surface area contributed by atoms with E-state index in [9.17, 15) is 9.59 Å². The maximum Gasteiger partial charge on any atom is 0.262 e. The lowest BCUT2D eigenvalue weighted by Gasteiger charge is -2.26. The first-order chi connectivity index (χ1) is 18.3. The van der Waals surface area contributed by atoms with Crippen LogP contribution in [0.5, 0.6) is 0 Å². The molecule has 0 spiro atoms. The van der Waals surface area contributed by atoms with Crippen LogP contribution in [0.1, 0.15) is 51.0 Å². The minimum atomic E-state index is -0.193. The van der Waals surface area contributed by atoms with Crippen LogP contribution < -0.4 is 5.43 Å². The number of pyridine rings is 1. The van der Waals surface area contributed by atoms with Gasteiger partial charge in [-0.25, -0.2) is 20.2 Å². The van der Waals surface area contributed by atoms with Crippen molar-refractivity contribution in [1.82, 2.24) is 4.57 Å². The first-order valence-corrected chi connectivity index (χ1v) is 11.6. The maximum atomic E-state index is 13.6. The van der Waals surface area contributed by atoms with E-state index in [0.29, 0.717) is 44.1 Å².